The molecule has 2 rings (SSSR count). The number of nitrogens with one attached hydrogen (secondary N) is 1. The Labute approximate surface area is 124 Å². The topological polar surface area (TPSA) is 34.0 Å². The Morgan fingerprint density at radius 3 is 2.57 bits per heavy atom. The Morgan fingerprint density at radius 1 is 1.29 bits per heavy atom. The van der Waals surface area contributed by atoms with Crippen molar-refractivity contribution in [3.05, 3.63) is 58.7 Å². The smallest absolute Gasteiger partial charge is 0.251 e. The molecule has 0 radical (unpaired) electrons. The minimum absolute atomic E-state index is 0.260. The number of hydrogen-bond acceptors (Lipinski definition) is 1. The summed E-state index contributed by atoms with van der Waals surface area (Å²) in [4.78, 5) is 12.0. The highest BCUT2D eigenvalue weighted by molar-refractivity contribution is 5.94. The van der Waals surface area contributed by atoms with Crippen molar-refractivity contribution in [2.45, 2.75) is 40.3 Å². The zero-order valence-electron chi connectivity index (χ0n) is 12.9. The fourth-order valence-electron chi connectivity index (χ4n) is 2.73. The van der Waals surface area contributed by atoms with E-state index < -0.39 is 5.82 Å². The highest BCUT2D eigenvalue weighted by Crippen LogP contribution is 2.20. The van der Waals surface area contributed by atoms with E-state index in [0.717, 1.165) is 11.3 Å². The first-order valence-electron chi connectivity index (χ1n) is 7.11. The Kier molecular flexibility index (Phi) is 4.46. The van der Waals surface area contributed by atoms with Gasteiger partial charge in [0.2, 0.25) is 0 Å². The van der Waals surface area contributed by atoms with Crippen LogP contribution in [0, 0.1) is 19.7 Å². The molecule has 0 aliphatic rings. The van der Waals surface area contributed by atoms with Crippen molar-refractivity contribution in [2.24, 2.45) is 0 Å². The SMILES string of the molecule is Cc1cc(CNC(=O)c2cccc(F)c2)c(C)n1C(C)C. The summed E-state index contributed by atoms with van der Waals surface area (Å²) in [5, 5.41) is 2.84. The molecule has 2 aromatic rings. The summed E-state index contributed by atoms with van der Waals surface area (Å²) in [6.07, 6.45) is 0. The minimum atomic E-state index is -0.402. The molecule has 0 bridgehead atoms. The number of amides is 1. The van der Waals surface area contributed by atoms with Crippen LogP contribution in [0.1, 0.15) is 47.2 Å². The summed E-state index contributed by atoms with van der Waals surface area (Å²) in [6.45, 7) is 8.83. The molecule has 0 saturated carbocycles. The van der Waals surface area contributed by atoms with Crippen LogP contribution in [0.25, 0.3) is 0 Å². The number of rotatable bonds is 4. The van der Waals surface area contributed by atoms with E-state index in [1.165, 1.54) is 23.9 Å². The Balaban J connectivity index is 2.10. The largest absolute Gasteiger partial charge is 0.348 e. The van der Waals surface area contributed by atoms with Gasteiger partial charge in [-0.05, 0) is 57.5 Å². The number of carbonyl (C=O) groups is 1. The summed E-state index contributed by atoms with van der Waals surface area (Å²) in [7, 11) is 0. The summed E-state index contributed by atoms with van der Waals surface area (Å²) >= 11 is 0. The molecule has 3 nitrogen and oxygen atoms in total. The average Bonchev–Trinajstić information content (AvgIpc) is 2.70. The number of aryl methyl sites for hydroxylation is 1. The molecule has 4 heteroatoms. The molecule has 0 aliphatic heterocycles. The monoisotopic (exact) mass is 288 g/mol. The second kappa shape index (κ2) is 6.12. The fraction of sp³-hybridized carbons (Fsp3) is 0.353. The molecule has 0 unspecified atom stereocenters. The van der Waals surface area contributed by atoms with Crippen molar-refractivity contribution < 1.29 is 9.18 Å². The fourth-order valence-corrected chi connectivity index (χ4v) is 2.73. The first-order valence-corrected chi connectivity index (χ1v) is 7.11. The molecular weight excluding hydrogens is 267 g/mol. The lowest BCUT2D eigenvalue weighted by Crippen LogP contribution is -2.23. The maximum absolute atomic E-state index is 13.1. The molecular formula is C17H21FN2O. The van der Waals surface area contributed by atoms with E-state index in [4.69, 9.17) is 0 Å². The zero-order valence-corrected chi connectivity index (χ0v) is 12.9. The van der Waals surface area contributed by atoms with Gasteiger partial charge in [0.1, 0.15) is 5.82 Å². The van der Waals surface area contributed by atoms with Gasteiger partial charge in [-0.2, -0.15) is 0 Å². The Bertz CT molecular complexity index is 659. The molecule has 21 heavy (non-hydrogen) atoms. The van der Waals surface area contributed by atoms with Crippen LogP contribution in [0.2, 0.25) is 0 Å². The van der Waals surface area contributed by atoms with Gasteiger partial charge in [-0.1, -0.05) is 6.07 Å². The van der Waals surface area contributed by atoms with E-state index in [1.54, 1.807) is 6.07 Å². The van der Waals surface area contributed by atoms with Crippen LogP contribution in [0.3, 0.4) is 0 Å². The summed E-state index contributed by atoms with van der Waals surface area (Å²) in [5.74, 6) is -0.663. The molecule has 112 valence electrons. The van der Waals surface area contributed by atoms with Gasteiger partial charge in [-0.15, -0.1) is 0 Å². The van der Waals surface area contributed by atoms with Crippen LogP contribution in [0.4, 0.5) is 4.39 Å². The van der Waals surface area contributed by atoms with Crippen LogP contribution >= 0.6 is 0 Å². The van der Waals surface area contributed by atoms with Crippen molar-refractivity contribution in [1.82, 2.24) is 9.88 Å². The maximum atomic E-state index is 13.1. The number of aromatic nitrogens is 1. The number of nitrogens with zero attached hydrogens (tertiary/aromatic N) is 1. The molecule has 1 N–H and O–H groups in total. The lowest BCUT2D eigenvalue weighted by Gasteiger charge is -2.14. The molecule has 1 heterocycles. The third-order valence-corrected chi connectivity index (χ3v) is 3.63. The van der Waals surface area contributed by atoms with Crippen LogP contribution in [-0.2, 0) is 6.54 Å². The molecule has 1 aromatic carbocycles. The van der Waals surface area contributed by atoms with Crippen molar-refractivity contribution in [3.63, 3.8) is 0 Å². The standard InChI is InChI=1S/C17H21FN2O/c1-11(2)20-12(3)8-15(13(20)4)10-19-17(21)14-6-5-7-16(18)9-14/h5-9,11H,10H2,1-4H3,(H,19,21). The van der Waals surface area contributed by atoms with Gasteiger partial charge >= 0.3 is 0 Å². The van der Waals surface area contributed by atoms with Gasteiger partial charge in [0.25, 0.3) is 5.91 Å². The number of hydrogen-bond donors (Lipinski definition) is 1. The zero-order chi connectivity index (χ0) is 15.6. The second-order valence-electron chi connectivity index (χ2n) is 5.55. The van der Waals surface area contributed by atoms with Crippen LogP contribution in [-0.4, -0.2) is 10.5 Å². The molecule has 1 aromatic heterocycles. The molecule has 0 fully saturated rings. The second-order valence-corrected chi connectivity index (χ2v) is 5.55. The van der Waals surface area contributed by atoms with Gasteiger partial charge in [0, 0.05) is 29.5 Å². The highest BCUT2D eigenvalue weighted by atomic mass is 19.1. The average molecular weight is 288 g/mol. The van der Waals surface area contributed by atoms with Crippen molar-refractivity contribution in [1.29, 1.82) is 0 Å². The summed E-state index contributed by atoms with van der Waals surface area (Å²) in [6, 6.07) is 8.18. The predicted molar refractivity (Wildman–Crippen MR) is 81.9 cm³/mol. The van der Waals surface area contributed by atoms with Crippen molar-refractivity contribution in [3.8, 4) is 0 Å². The summed E-state index contributed by atoms with van der Waals surface area (Å²) < 4.78 is 15.4. The quantitative estimate of drug-likeness (QED) is 0.913. The van der Waals surface area contributed by atoms with E-state index >= 15 is 0 Å². The highest BCUT2D eigenvalue weighted by Gasteiger charge is 2.12. The van der Waals surface area contributed by atoms with Crippen molar-refractivity contribution in [2.75, 3.05) is 0 Å². The number of halogens is 1. The minimum Gasteiger partial charge on any atom is -0.348 e. The van der Waals surface area contributed by atoms with Crippen molar-refractivity contribution >= 4 is 5.91 Å². The first kappa shape index (κ1) is 15.3. The van der Waals surface area contributed by atoms with Gasteiger partial charge < -0.3 is 9.88 Å². The maximum Gasteiger partial charge on any atom is 0.251 e. The predicted octanol–water partition coefficient (Wildman–Crippen LogP) is 3.75. The van der Waals surface area contributed by atoms with E-state index in [0.29, 0.717) is 18.2 Å². The van der Waals surface area contributed by atoms with Crippen LogP contribution < -0.4 is 5.32 Å². The molecule has 0 spiro atoms. The van der Waals surface area contributed by atoms with Gasteiger partial charge in [0.15, 0.2) is 0 Å². The molecule has 0 atom stereocenters. The molecule has 0 saturated heterocycles. The summed E-state index contributed by atoms with van der Waals surface area (Å²) in [5.41, 5.74) is 3.76. The third-order valence-electron chi connectivity index (χ3n) is 3.63. The lowest BCUT2D eigenvalue weighted by molar-refractivity contribution is 0.0950. The molecule has 0 aliphatic carbocycles. The number of carbonyl (C=O) groups excluding carboxylic acids is 1. The first-order chi connectivity index (χ1) is 9.90. The third kappa shape index (κ3) is 3.32. The Hall–Kier alpha value is -2.10. The van der Waals surface area contributed by atoms with Gasteiger partial charge in [-0.3, -0.25) is 4.79 Å². The van der Waals surface area contributed by atoms with E-state index in [-0.39, 0.29) is 5.91 Å². The van der Waals surface area contributed by atoms with Crippen LogP contribution in [0.5, 0.6) is 0 Å². The van der Waals surface area contributed by atoms with E-state index in [1.807, 2.05) is 0 Å². The van der Waals surface area contributed by atoms with Crippen LogP contribution in [0.15, 0.2) is 30.3 Å². The normalized spacial score (nSPS) is 11.0. The Morgan fingerprint density at radius 2 is 2.00 bits per heavy atom. The molecule has 1 amide bonds. The number of benzene rings is 1. The van der Waals surface area contributed by atoms with Gasteiger partial charge in [-0.25, -0.2) is 4.39 Å². The van der Waals surface area contributed by atoms with E-state index in [2.05, 4.69) is 43.6 Å². The van der Waals surface area contributed by atoms with Gasteiger partial charge in [0.05, 0.1) is 0 Å². The van der Waals surface area contributed by atoms with E-state index in [9.17, 15) is 9.18 Å². The lowest BCUT2D eigenvalue weighted by atomic mass is 10.2.